The van der Waals surface area contributed by atoms with Crippen LogP contribution in [0.3, 0.4) is 0 Å². The quantitative estimate of drug-likeness (QED) is 0.0641. The van der Waals surface area contributed by atoms with Crippen LogP contribution in [0.5, 0.6) is 0 Å². The van der Waals surface area contributed by atoms with E-state index >= 15 is 0 Å². The second-order valence-corrected chi connectivity index (χ2v) is 29.5. The summed E-state index contributed by atoms with van der Waals surface area (Å²) in [4.78, 5) is 0. The highest BCUT2D eigenvalue weighted by Gasteiger charge is 2.70. The largest absolute Gasteiger partial charge is 0.394 e. The smallest absolute Gasteiger partial charge is 0.187 e. The second kappa shape index (κ2) is 28.3. The lowest BCUT2D eigenvalue weighted by Crippen LogP contribution is -2.69. The van der Waals surface area contributed by atoms with Crippen molar-refractivity contribution in [3.8, 4) is 0 Å². The van der Waals surface area contributed by atoms with Crippen LogP contribution in [-0.2, 0) is 66.3 Å². The lowest BCUT2D eigenvalue weighted by molar-refractivity contribution is -0.413. The van der Waals surface area contributed by atoms with Gasteiger partial charge in [-0.1, -0.05) is 27.7 Å². The Hall–Kier alpha value is -1.24. The zero-order valence-corrected chi connectivity index (χ0v) is 53.1. The highest BCUT2D eigenvalue weighted by Crippen LogP contribution is 2.71. The third kappa shape index (κ3) is 12.9. The van der Waals surface area contributed by atoms with E-state index in [1.54, 1.807) is 0 Å². The normalized spacial score (nSPS) is 57.5. The maximum atomic E-state index is 12.1. The van der Waals surface area contributed by atoms with Crippen molar-refractivity contribution in [2.75, 3.05) is 39.6 Å². The first-order chi connectivity index (χ1) is 44.2. The van der Waals surface area contributed by atoms with Gasteiger partial charge in [-0.25, -0.2) is 0 Å². The first kappa shape index (κ1) is 71.6. The van der Waals surface area contributed by atoms with E-state index in [1.165, 1.54) is 6.92 Å². The molecule has 4 aliphatic carbocycles. The number of aliphatic hydroxyl groups excluding tert-OH is 17. The Bertz CT molecular complexity index is 2450. The van der Waals surface area contributed by atoms with Gasteiger partial charge >= 0.3 is 0 Å². The standard InChI is InChI=1S/C62H102O31/c1-22-8-13-62(81-20-22)23(2)36-31(93-62)15-29-27-7-6-25-14-26(9-11-60(25,4)28(27)10-12-61(29,36)5)83-56-46(77)42(73)50(35(19-66)86-56)89-59-53(92-57-47(78)43(74)49(34(18-65)87-57)88-55-45(76)41(72)37(68)24(3)82-55)52(40(71)33(17-64)85-59)91-58-48(79)51(39(70)32(16-63)84-58)90-54-44(75)38(69)30(67)21-80-54/h22-59,63-79H,6-21H2,1-5H3/t22-,23+,24+,25+,26+,27-,28+,29+,30-,31?,32-,33-,34-,35-,36?,37+,38+,39-,40-,41-,42-,43-,44-,45-,46-,47-,48-,49-,50+,51+,52+,53-,54+,55+,56-,57+,58+,59+,60+,61+,62-/m1/s1. The van der Waals surface area contributed by atoms with E-state index in [4.69, 9.17) is 66.3 Å². The van der Waals surface area contributed by atoms with Crippen LogP contribution in [0.25, 0.3) is 0 Å². The molecule has 0 aromatic rings. The van der Waals surface area contributed by atoms with Crippen LogP contribution in [0, 0.1) is 52.3 Å². The number of hydrogen-bond donors (Lipinski definition) is 17. The summed E-state index contributed by atoms with van der Waals surface area (Å²) in [7, 11) is 0. The van der Waals surface area contributed by atoms with Crippen LogP contribution in [0.15, 0.2) is 0 Å². The van der Waals surface area contributed by atoms with Gasteiger partial charge in [0.05, 0.1) is 58.0 Å². The van der Waals surface area contributed by atoms with Crippen LogP contribution >= 0.6 is 0 Å². The summed E-state index contributed by atoms with van der Waals surface area (Å²) in [6.45, 7) is 7.18. The van der Waals surface area contributed by atoms with Crippen molar-refractivity contribution < 1.29 is 153 Å². The number of aliphatic hydroxyl groups is 17. The maximum absolute atomic E-state index is 12.1. The highest BCUT2D eigenvalue weighted by atomic mass is 16.8. The number of ether oxygens (including phenoxy) is 14. The van der Waals surface area contributed by atoms with E-state index in [2.05, 4.69) is 27.7 Å². The maximum Gasteiger partial charge on any atom is 0.187 e. The van der Waals surface area contributed by atoms with Crippen LogP contribution in [0.2, 0.25) is 0 Å². The molecule has 93 heavy (non-hydrogen) atoms. The zero-order valence-electron chi connectivity index (χ0n) is 53.1. The molecule has 12 fully saturated rings. The number of rotatable bonds is 16. The van der Waals surface area contributed by atoms with Gasteiger partial charge in [-0.3, -0.25) is 0 Å². The molecule has 4 saturated carbocycles. The molecule has 12 aliphatic rings. The Balaban J connectivity index is 0.757. The zero-order chi connectivity index (χ0) is 66.7. The van der Waals surface area contributed by atoms with E-state index in [0.717, 1.165) is 58.0 Å². The van der Waals surface area contributed by atoms with Gasteiger partial charge in [0.25, 0.3) is 0 Å². The Morgan fingerprint density at radius 1 is 0.409 bits per heavy atom. The van der Waals surface area contributed by atoms with Crippen molar-refractivity contribution >= 4 is 0 Å². The number of fused-ring (bicyclic) bond motifs is 7. The lowest BCUT2D eigenvalue weighted by atomic mass is 9.44. The minimum atomic E-state index is -2.24. The Kier molecular flexibility index (Phi) is 21.8. The van der Waals surface area contributed by atoms with Gasteiger partial charge in [-0.15, -0.1) is 0 Å². The van der Waals surface area contributed by atoms with Crippen LogP contribution < -0.4 is 0 Å². The van der Waals surface area contributed by atoms with E-state index in [0.29, 0.717) is 48.3 Å². The fraction of sp³-hybridized carbons (Fsp3) is 1.00. The molecule has 41 atom stereocenters. The van der Waals surface area contributed by atoms with Gasteiger partial charge in [0.2, 0.25) is 0 Å². The Labute approximate surface area is 538 Å². The summed E-state index contributed by atoms with van der Waals surface area (Å²) < 4.78 is 85.6. The van der Waals surface area contributed by atoms with Gasteiger partial charge in [0, 0.05) is 12.3 Å². The van der Waals surface area contributed by atoms with Crippen molar-refractivity contribution in [1.82, 2.24) is 0 Å². The molecule has 8 heterocycles. The van der Waals surface area contributed by atoms with Crippen molar-refractivity contribution in [3.63, 3.8) is 0 Å². The topological polar surface area (TPSA) is 473 Å². The van der Waals surface area contributed by atoms with Gasteiger partial charge in [0.15, 0.2) is 43.5 Å². The van der Waals surface area contributed by atoms with E-state index in [1.807, 2.05) is 0 Å². The predicted octanol–water partition coefficient (Wildman–Crippen LogP) is -5.59. The van der Waals surface area contributed by atoms with Crippen molar-refractivity contribution in [1.29, 1.82) is 0 Å². The van der Waals surface area contributed by atoms with Crippen molar-refractivity contribution in [2.24, 2.45) is 52.3 Å². The monoisotopic (exact) mass is 1340 g/mol. The SMILES string of the molecule is C[C@@H]1CC[C@@]2(OC1)OC1C[C@H]3[C@@H]4CC[C@H]5C[C@@H](O[C@@H]6O[C@H](CO)[C@H](O[C@@H]7O[C@H](CO)[C@@H](O)[C@H](O[C@@H]8O[C@H](CO)[C@@H](O)[C@H](O[C@@H]9OC[C@@H](O)[C@H](O)[C@H]9O)[C@H]8O)[C@H]7O[C@@H]7O[C@H](CO)[C@@H](O[C@@H]8O[C@@H](C)[C@H](O)[C@@H](O)[C@H]8O)[C@H](O)[C@H]7O)[C@H](O)[C@H]6O)CC[C@]5(C)[C@H]4CC[C@]3(C)C1[C@@H]2C. The summed E-state index contributed by atoms with van der Waals surface area (Å²) in [5, 5.41) is 188. The molecular weight excluding hydrogens is 1240 g/mol. The first-order valence-electron chi connectivity index (χ1n) is 33.6. The molecule has 2 unspecified atom stereocenters. The average Bonchev–Trinajstić information content (AvgIpc) is 1.58. The highest BCUT2D eigenvalue weighted by molar-refractivity contribution is 5.16. The number of hydrogen-bond acceptors (Lipinski definition) is 31. The van der Waals surface area contributed by atoms with E-state index in [9.17, 15) is 86.8 Å². The molecule has 536 valence electrons. The van der Waals surface area contributed by atoms with Crippen molar-refractivity contribution in [2.45, 2.75) is 295 Å². The summed E-state index contributed by atoms with van der Waals surface area (Å²) in [5.41, 5.74) is 0.169. The molecule has 31 nitrogen and oxygen atoms in total. The molecule has 12 rings (SSSR count). The Morgan fingerprint density at radius 2 is 0.935 bits per heavy atom. The van der Waals surface area contributed by atoms with Gasteiger partial charge in [-0.2, -0.15) is 0 Å². The van der Waals surface area contributed by atoms with Gasteiger partial charge in [-0.05, 0) is 111 Å². The third-order valence-electron chi connectivity index (χ3n) is 24.2. The first-order valence-corrected chi connectivity index (χ1v) is 33.6. The second-order valence-electron chi connectivity index (χ2n) is 29.5. The van der Waals surface area contributed by atoms with E-state index < -0.39 is 223 Å². The fourth-order valence-electron chi connectivity index (χ4n) is 18.8. The van der Waals surface area contributed by atoms with Gasteiger partial charge in [0.1, 0.15) is 134 Å². The minimum Gasteiger partial charge on any atom is -0.394 e. The van der Waals surface area contributed by atoms with E-state index in [-0.39, 0.29) is 22.9 Å². The van der Waals surface area contributed by atoms with Crippen LogP contribution in [0.1, 0.15) is 98.8 Å². The summed E-state index contributed by atoms with van der Waals surface area (Å²) in [6.07, 6.45) is -44.6. The Morgan fingerprint density at radius 3 is 1.57 bits per heavy atom. The molecule has 31 heteroatoms. The summed E-state index contributed by atoms with van der Waals surface area (Å²) in [6, 6.07) is 0. The third-order valence-corrected chi connectivity index (χ3v) is 24.2. The predicted molar refractivity (Wildman–Crippen MR) is 306 cm³/mol. The molecule has 0 amide bonds. The van der Waals surface area contributed by atoms with Crippen molar-refractivity contribution in [3.05, 3.63) is 0 Å². The molecule has 17 N–H and O–H groups in total. The lowest BCUT2D eigenvalue weighted by Gasteiger charge is -2.61. The molecule has 1 spiro atoms. The van der Waals surface area contributed by atoms with Crippen LogP contribution in [-0.4, -0.2) is 323 Å². The van der Waals surface area contributed by atoms with Crippen LogP contribution in [0.4, 0.5) is 0 Å². The molecule has 8 saturated heterocycles. The molecule has 8 aliphatic heterocycles. The molecular formula is C62H102O31. The molecule has 0 aromatic carbocycles. The molecule has 0 bridgehead atoms. The fourth-order valence-corrected chi connectivity index (χ4v) is 18.8. The molecule has 0 radical (unpaired) electrons. The minimum absolute atomic E-state index is 0.0194. The average molecular weight is 1340 g/mol. The summed E-state index contributed by atoms with van der Waals surface area (Å²) >= 11 is 0. The van der Waals surface area contributed by atoms with Gasteiger partial charge < -0.3 is 153 Å². The summed E-state index contributed by atoms with van der Waals surface area (Å²) in [5.74, 6) is 2.66. The molecule has 0 aromatic heterocycles.